The number of nitrogens with zero attached hydrogens (tertiary/aromatic N) is 1. The minimum atomic E-state index is -0.229. The van der Waals surface area contributed by atoms with E-state index in [-0.39, 0.29) is 18.3 Å². The van der Waals surface area contributed by atoms with Crippen molar-refractivity contribution in [3.63, 3.8) is 0 Å². The van der Waals surface area contributed by atoms with E-state index in [2.05, 4.69) is 10.3 Å². The lowest BCUT2D eigenvalue weighted by Gasteiger charge is -2.09. The summed E-state index contributed by atoms with van der Waals surface area (Å²) in [4.78, 5) is 16.2. The van der Waals surface area contributed by atoms with Gasteiger partial charge in [0.1, 0.15) is 16.5 Å². The average Bonchev–Trinajstić information content (AvgIpc) is 2.91. The highest BCUT2D eigenvalue weighted by atomic mass is 35.5. The van der Waals surface area contributed by atoms with Crippen molar-refractivity contribution < 1.29 is 9.53 Å². The molecule has 0 unspecified atom stereocenters. The van der Waals surface area contributed by atoms with Crippen molar-refractivity contribution in [3.05, 3.63) is 39.8 Å². The van der Waals surface area contributed by atoms with E-state index in [1.165, 1.54) is 11.3 Å². The fraction of sp³-hybridized carbons (Fsp3) is 0.286. The molecule has 0 saturated heterocycles. The number of rotatable bonds is 5. The number of aromatic nitrogens is 1. The number of benzene rings is 1. The number of hydrogen-bond acceptors (Lipinski definition) is 5. The monoisotopic (exact) mass is 327 g/mol. The van der Waals surface area contributed by atoms with Gasteiger partial charge in [0, 0.05) is 17.6 Å². The quantitative estimate of drug-likeness (QED) is 0.885. The normalized spacial score (nSPS) is 9.86. The molecule has 0 spiro atoms. The summed E-state index contributed by atoms with van der Waals surface area (Å²) < 4.78 is 5.41. The van der Waals surface area contributed by atoms with Crippen molar-refractivity contribution in [2.75, 3.05) is 11.9 Å². The lowest BCUT2D eigenvalue weighted by molar-refractivity contribution is 0.102. The summed E-state index contributed by atoms with van der Waals surface area (Å²) >= 11 is 1.38. The number of anilines is 1. The van der Waals surface area contributed by atoms with Gasteiger partial charge in [-0.05, 0) is 37.6 Å². The van der Waals surface area contributed by atoms with Crippen LogP contribution in [-0.2, 0) is 6.54 Å². The Hall–Kier alpha value is -1.63. The van der Waals surface area contributed by atoms with Crippen molar-refractivity contribution in [1.82, 2.24) is 4.98 Å². The SMILES string of the molecule is CCOc1ccc(NC(=O)c2csc(CN)n2)c(C)c1.Cl. The fourth-order valence-electron chi connectivity index (χ4n) is 1.73. The molecule has 1 amide bonds. The summed E-state index contributed by atoms with van der Waals surface area (Å²) in [5, 5.41) is 5.30. The highest BCUT2D eigenvalue weighted by molar-refractivity contribution is 7.09. The van der Waals surface area contributed by atoms with Crippen LogP contribution in [0.5, 0.6) is 5.75 Å². The Morgan fingerprint density at radius 2 is 2.24 bits per heavy atom. The second kappa shape index (κ2) is 7.97. The number of carbonyl (C=O) groups is 1. The van der Waals surface area contributed by atoms with Gasteiger partial charge in [-0.15, -0.1) is 23.7 Å². The van der Waals surface area contributed by atoms with Crippen molar-refractivity contribution in [1.29, 1.82) is 0 Å². The molecular weight excluding hydrogens is 310 g/mol. The van der Waals surface area contributed by atoms with Crippen LogP contribution in [0.1, 0.15) is 28.0 Å². The van der Waals surface area contributed by atoms with E-state index in [0.717, 1.165) is 22.0 Å². The molecule has 7 heteroatoms. The Balaban J connectivity index is 0.00000220. The van der Waals surface area contributed by atoms with E-state index < -0.39 is 0 Å². The van der Waals surface area contributed by atoms with Gasteiger partial charge in [0.2, 0.25) is 0 Å². The lowest BCUT2D eigenvalue weighted by Crippen LogP contribution is -2.13. The minimum Gasteiger partial charge on any atom is -0.494 e. The van der Waals surface area contributed by atoms with Crippen LogP contribution in [0.4, 0.5) is 5.69 Å². The van der Waals surface area contributed by atoms with Crippen LogP contribution in [0.25, 0.3) is 0 Å². The predicted octanol–water partition coefficient (Wildman–Crippen LogP) is 2.98. The topological polar surface area (TPSA) is 77.2 Å². The molecule has 0 aliphatic carbocycles. The fourth-order valence-corrected chi connectivity index (χ4v) is 2.38. The summed E-state index contributed by atoms with van der Waals surface area (Å²) in [5.74, 6) is 0.565. The Morgan fingerprint density at radius 3 is 2.81 bits per heavy atom. The first-order chi connectivity index (χ1) is 9.63. The Labute approximate surface area is 133 Å². The minimum absolute atomic E-state index is 0. The number of aryl methyl sites for hydroxylation is 1. The molecule has 0 bridgehead atoms. The standard InChI is InChI=1S/C14H17N3O2S.ClH/c1-3-19-10-4-5-11(9(2)6-10)17-14(18)12-8-20-13(7-15)16-12;/h4-6,8H,3,7,15H2,1-2H3,(H,17,18);1H. The first-order valence-corrected chi connectivity index (χ1v) is 7.21. The molecule has 5 nitrogen and oxygen atoms in total. The second-order valence-electron chi connectivity index (χ2n) is 4.19. The first kappa shape index (κ1) is 17.4. The summed E-state index contributed by atoms with van der Waals surface area (Å²) in [5.41, 5.74) is 7.57. The second-order valence-corrected chi connectivity index (χ2v) is 5.14. The molecule has 3 N–H and O–H groups in total. The summed E-state index contributed by atoms with van der Waals surface area (Å²) in [6.07, 6.45) is 0. The van der Waals surface area contributed by atoms with Gasteiger partial charge in [0.25, 0.3) is 5.91 Å². The molecule has 1 aromatic heterocycles. The highest BCUT2D eigenvalue weighted by Crippen LogP contribution is 2.22. The number of halogens is 1. The molecule has 0 radical (unpaired) electrons. The van der Waals surface area contributed by atoms with Gasteiger partial charge in [-0.2, -0.15) is 0 Å². The van der Waals surface area contributed by atoms with Gasteiger partial charge in [-0.25, -0.2) is 4.98 Å². The summed E-state index contributed by atoms with van der Waals surface area (Å²) in [6, 6.07) is 5.55. The average molecular weight is 328 g/mol. The van der Waals surface area contributed by atoms with Gasteiger partial charge in [0.05, 0.1) is 6.61 Å². The van der Waals surface area contributed by atoms with Gasteiger partial charge >= 0.3 is 0 Å². The van der Waals surface area contributed by atoms with Crippen molar-refractivity contribution in [2.45, 2.75) is 20.4 Å². The van der Waals surface area contributed by atoms with Gasteiger partial charge < -0.3 is 15.8 Å². The molecule has 2 rings (SSSR count). The van der Waals surface area contributed by atoms with Crippen LogP contribution < -0.4 is 15.8 Å². The number of nitrogens with two attached hydrogens (primary N) is 1. The van der Waals surface area contributed by atoms with Crippen molar-refractivity contribution >= 4 is 35.3 Å². The molecule has 1 heterocycles. The molecule has 0 fully saturated rings. The summed E-state index contributed by atoms with van der Waals surface area (Å²) in [7, 11) is 0. The van der Waals surface area contributed by atoms with Crippen LogP contribution in [-0.4, -0.2) is 17.5 Å². The van der Waals surface area contributed by atoms with Crippen LogP contribution in [0.15, 0.2) is 23.6 Å². The van der Waals surface area contributed by atoms with Crippen molar-refractivity contribution in [2.24, 2.45) is 5.73 Å². The maximum Gasteiger partial charge on any atom is 0.275 e. The molecule has 0 aliphatic rings. The molecule has 1 aromatic carbocycles. The van der Waals surface area contributed by atoms with Crippen LogP contribution in [0.3, 0.4) is 0 Å². The third-order valence-electron chi connectivity index (χ3n) is 2.72. The van der Waals surface area contributed by atoms with Gasteiger partial charge in [0.15, 0.2) is 0 Å². The number of thiazole rings is 1. The predicted molar refractivity (Wildman–Crippen MR) is 87.6 cm³/mol. The first-order valence-electron chi connectivity index (χ1n) is 6.33. The molecule has 114 valence electrons. The zero-order valence-corrected chi connectivity index (χ0v) is 13.5. The zero-order valence-electron chi connectivity index (χ0n) is 11.9. The van der Waals surface area contributed by atoms with E-state index in [1.54, 1.807) is 5.38 Å². The van der Waals surface area contributed by atoms with Gasteiger partial charge in [-0.3, -0.25) is 4.79 Å². The molecule has 0 atom stereocenters. The largest absolute Gasteiger partial charge is 0.494 e. The number of carbonyl (C=O) groups excluding carboxylic acids is 1. The highest BCUT2D eigenvalue weighted by Gasteiger charge is 2.11. The lowest BCUT2D eigenvalue weighted by atomic mass is 10.2. The van der Waals surface area contributed by atoms with Crippen LogP contribution in [0.2, 0.25) is 0 Å². The Kier molecular flexibility index (Phi) is 6.61. The van der Waals surface area contributed by atoms with Crippen molar-refractivity contribution in [3.8, 4) is 5.75 Å². The third kappa shape index (κ3) is 4.42. The Morgan fingerprint density at radius 1 is 1.48 bits per heavy atom. The number of ether oxygens (including phenoxy) is 1. The molecule has 21 heavy (non-hydrogen) atoms. The maximum atomic E-state index is 12.1. The zero-order chi connectivity index (χ0) is 14.5. The van der Waals surface area contributed by atoms with Crippen LogP contribution in [0, 0.1) is 6.92 Å². The number of hydrogen-bond donors (Lipinski definition) is 2. The smallest absolute Gasteiger partial charge is 0.275 e. The van der Waals surface area contributed by atoms with E-state index in [4.69, 9.17) is 10.5 Å². The third-order valence-corrected chi connectivity index (χ3v) is 3.59. The van der Waals surface area contributed by atoms with E-state index in [9.17, 15) is 4.79 Å². The maximum absolute atomic E-state index is 12.1. The van der Waals surface area contributed by atoms with E-state index >= 15 is 0 Å². The molecule has 0 aliphatic heterocycles. The summed E-state index contributed by atoms with van der Waals surface area (Å²) in [6.45, 7) is 4.82. The molecule has 0 saturated carbocycles. The molecule has 2 aromatic rings. The molecular formula is C14H18ClN3O2S. The van der Waals surface area contributed by atoms with E-state index in [1.807, 2.05) is 32.0 Å². The van der Waals surface area contributed by atoms with Gasteiger partial charge in [-0.1, -0.05) is 0 Å². The van der Waals surface area contributed by atoms with Crippen LogP contribution >= 0.6 is 23.7 Å². The number of amides is 1. The number of nitrogens with one attached hydrogen (secondary N) is 1. The Bertz CT molecular complexity index is 616. The van der Waals surface area contributed by atoms with E-state index in [0.29, 0.717) is 18.8 Å².